The second-order valence-corrected chi connectivity index (χ2v) is 6.20. The highest BCUT2D eigenvalue weighted by Crippen LogP contribution is 2.16. The Kier molecular flexibility index (Phi) is 5.28. The van der Waals surface area contributed by atoms with Crippen molar-refractivity contribution in [3.8, 4) is 0 Å². The van der Waals surface area contributed by atoms with Crippen LogP contribution in [-0.4, -0.2) is 42.6 Å². The summed E-state index contributed by atoms with van der Waals surface area (Å²) in [6.07, 6.45) is 4.79. The first-order valence-electron chi connectivity index (χ1n) is 8.38. The van der Waals surface area contributed by atoms with Crippen molar-refractivity contribution in [3.05, 3.63) is 35.4 Å². The number of hydrogen-bond donors (Lipinski definition) is 0. The van der Waals surface area contributed by atoms with Gasteiger partial charge in [0, 0.05) is 26.1 Å². The fourth-order valence-corrected chi connectivity index (χ4v) is 3.03. The van der Waals surface area contributed by atoms with Gasteiger partial charge in [-0.25, -0.2) is 4.79 Å². The Morgan fingerprint density at radius 2 is 2.04 bits per heavy atom. The van der Waals surface area contributed by atoms with E-state index >= 15 is 0 Å². The molecule has 1 amide bonds. The second-order valence-electron chi connectivity index (χ2n) is 6.20. The molecule has 1 atom stereocenters. The van der Waals surface area contributed by atoms with Crippen LogP contribution >= 0.6 is 0 Å². The van der Waals surface area contributed by atoms with Gasteiger partial charge in [-0.05, 0) is 43.4 Å². The van der Waals surface area contributed by atoms with Crippen LogP contribution in [0.2, 0.25) is 0 Å². The maximum Gasteiger partial charge on any atom is 0.338 e. The summed E-state index contributed by atoms with van der Waals surface area (Å²) in [4.78, 5) is 25.5. The van der Waals surface area contributed by atoms with Crippen LogP contribution in [0.15, 0.2) is 24.3 Å². The zero-order chi connectivity index (χ0) is 16.1. The van der Waals surface area contributed by atoms with Crippen LogP contribution in [0.5, 0.6) is 0 Å². The van der Waals surface area contributed by atoms with Crippen molar-refractivity contribution in [2.75, 3.05) is 19.8 Å². The molecule has 1 unspecified atom stereocenters. The fourth-order valence-electron chi connectivity index (χ4n) is 3.03. The molecule has 0 aromatic heterocycles. The minimum Gasteiger partial charge on any atom is -0.459 e. The Balaban J connectivity index is 1.49. The van der Waals surface area contributed by atoms with Gasteiger partial charge in [-0.15, -0.1) is 0 Å². The van der Waals surface area contributed by atoms with E-state index in [0.29, 0.717) is 25.1 Å². The Bertz CT molecular complexity index is 549. The molecule has 2 heterocycles. The topological polar surface area (TPSA) is 55.8 Å². The van der Waals surface area contributed by atoms with E-state index in [2.05, 4.69) is 0 Å². The van der Waals surface area contributed by atoms with E-state index < -0.39 is 0 Å². The highest BCUT2D eigenvalue weighted by molar-refractivity contribution is 5.89. The quantitative estimate of drug-likeness (QED) is 0.783. The average molecular weight is 317 g/mol. The van der Waals surface area contributed by atoms with Gasteiger partial charge >= 0.3 is 5.97 Å². The van der Waals surface area contributed by atoms with Crippen molar-refractivity contribution in [1.29, 1.82) is 0 Å². The highest BCUT2D eigenvalue weighted by atomic mass is 16.6. The van der Waals surface area contributed by atoms with Crippen LogP contribution in [0, 0.1) is 0 Å². The number of esters is 1. The van der Waals surface area contributed by atoms with E-state index in [1.54, 1.807) is 12.1 Å². The largest absolute Gasteiger partial charge is 0.459 e. The number of amides is 1. The van der Waals surface area contributed by atoms with E-state index in [-0.39, 0.29) is 18.0 Å². The monoisotopic (exact) mass is 317 g/mol. The molecule has 5 heteroatoms. The van der Waals surface area contributed by atoms with E-state index in [0.717, 1.165) is 44.4 Å². The van der Waals surface area contributed by atoms with Gasteiger partial charge in [0.2, 0.25) is 5.91 Å². The van der Waals surface area contributed by atoms with Crippen molar-refractivity contribution in [2.45, 2.75) is 44.8 Å². The number of carbonyl (C=O) groups excluding carboxylic acids is 2. The van der Waals surface area contributed by atoms with E-state index in [4.69, 9.17) is 9.47 Å². The van der Waals surface area contributed by atoms with Crippen LogP contribution in [0.25, 0.3) is 0 Å². The summed E-state index contributed by atoms with van der Waals surface area (Å²) in [5, 5.41) is 0. The maximum atomic E-state index is 12.1. The fraction of sp³-hybridized carbons (Fsp3) is 0.556. The molecule has 5 nitrogen and oxygen atoms in total. The van der Waals surface area contributed by atoms with Gasteiger partial charge in [0.15, 0.2) is 0 Å². The third-order valence-electron chi connectivity index (χ3n) is 4.41. The Morgan fingerprint density at radius 1 is 1.22 bits per heavy atom. The zero-order valence-corrected chi connectivity index (χ0v) is 13.3. The molecule has 1 aromatic carbocycles. The molecule has 0 saturated carbocycles. The Labute approximate surface area is 136 Å². The molecule has 2 fully saturated rings. The van der Waals surface area contributed by atoms with Crippen molar-refractivity contribution in [2.24, 2.45) is 0 Å². The lowest BCUT2D eigenvalue weighted by Gasteiger charge is -2.22. The SMILES string of the molecule is O=C(OCC1CCCCO1)c1ccc(CN2CCCC2=O)cc1. The predicted octanol–water partition coefficient (Wildman–Crippen LogP) is 2.53. The third kappa shape index (κ3) is 4.32. The Morgan fingerprint density at radius 3 is 2.70 bits per heavy atom. The van der Waals surface area contributed by atoms with E-state index in [1.807, 2.05) is 17.0 Å². The van der Waals surface area contributed by atoms with Crippen LogP contribution in [0.3, 0.4) is 0 Å². The number of ether oxygens (including phenoxy) is 2. The van der Waals surface area contributed by atoms with Crippen molar-refractivity contribution in [3.63, 3.8) is 0 Å². The smallest absolute Gasteiger partial charge is 0.338 e. The molecule has 0 bridgehead atoms. The summed E-state index contributed by atoms with van der Waals surface area (Å²) in [5.74, 6) is -0.107. The predicted molar refractivity (Wildman–Crippen MR) is 85.0 cm³/mol. The van der Waals surface area contributed by atoms with E-state index in [9.17, 15) is 9.59 Å². The molecule has 1 aromatic rings. The van der Waals surface area contributed by atoms with Crippen molar-refractivity contribution < 1.29 is 19.1 Å². The van der Waals surface area contributed by atoms with Crippen LogP contribution < -0.4 is 0 Å². The standard InChI is InChI=1S/C18H23NO4/c20-17-5-3-10-19(17)12-14-6-8-15(9-7-14)18(21)23-13-16-4-1-2-11-22-16/h6-9,16H,1-5,10-13H2. The normalized spacial score (nSPS) is 21.5. The molecule has 0 aliphatic carbocycles. The molecular formula is C18H23NO4. The van der Waals surface area contributed by atoms with Gasteiger partial charge in [-0.1, -0.05) is 12.1 Å². The lowest BCUT2D eigenvalue weighted by molar-refractivity contribution is -0.128. The van der Waals surface area contributed by atoms with Gasteiger partial charge in [0.05, 0.1) is 11.7 Å². The maximum absolute atomic E-state index is 12.1. The first-order chi connectivity index (χ1) is 11.2. The number of hydrogen-bond acceptors (Lipinski definition) is 4. The van der Waals surface area contributed by atoms with Gasteiger partial charge in [-0.3, -0.25) is 4.79 Å². The minimum atomic E-state index is -0.317. The molecule has 2 saturated heterocycles. The first-order valence-corrected chi connectivity index (χ1v) is 8.38. The number of likely N-dealkylation sites (tertiary alicyclic amines) is 1. The first kappa shape index (κ1) is 16.0. The summed E-state index contributed by atoms with van der Waals surface area (Å²) in [6.45, 7) is 2.52. The minimum absolute atomic E-state index is 0.0353. The van der Waals surface area contributed by atoms with E-state index in [1.165, 1.54) is 0 Å². The van der Waals surface area contributed by atoms with Gasteiger partial charge in [0.1, 0.15) is 6.61 Å². The summed E-state index contributed by atoms with van der Waals surface area (Å²) >= 11 is 0. The molecule has 2 aliphatic rings. The van der Waals surface area contributed by atoms with Crippen LogP contribution in [0.4, 0.5) is 0 Å². The lowest BCUT2D eigenvalue weighted by atomic mass is 10.1. The van der Waals surface area contributed by atoms with Gasteiger partial charge in [-0.2, -0.15) is 0 Å². The molecule has 0 radical (unpaired) electrons. The number of nitrogens with zero attached hydrogens (tertiary/aromatic N) is 1. The second kappa shape index (κ2) is 7.59. The third-order valence-corrected chi connectivity index (χ3v) is 4.41. The highest BCUT2D eigenvalue weighted by Gasteiger charge is 2.20. The summed E-state index contributed by atoms with van der Waals surface area (Å²) in [6, 6.07) is 7.30. The molecule has 23 heavy (non-hydrogen) atoms. The number of carbonyl (C=O) groups is 2. The average Bonchev–Trinajstić information content (AvgIpc) is 2.99. The van der Waals surface area contributed by atoms with Gasteiger partial charge < -0.3 is 14.4 Å². The summed E-state index contributed by atoms with van der Waals surface area (Å²) in [7, 11) is 0. The molecule has 124 valence electrons. The van der Waals surface area contributed by atoms with Gasteiger partial charge in [0.25, 0.3) is 0 Å². The number of rotatable bonds is 5. The zero-order valence-electron chi connectivity index (χ0n) is 13.3. The Hall–Kier alpha value is -1.88. The van der Waals surface area contributed by atoms with Crippen molar-refractivity contribution >= 4 is 11.9 Å². The molecular weight excluding hydrogens is 294 g/mol. The molecule has 0 spiro atoms. The van der Waals surface area contributed by atoms with Crippen LogP contribution in [0.1, 0.15) is 48.0 Å². The summed E-state index contributed by atoms with van der Waals surface area (Å²) < 4.78 is 10.9. The van der Waals surface area contributed by atoms with Crippen LogP contribution in [-0.2, 0) is 20.8 Å². The molecule has 2 aliphatic heterocycles. The molecule has 3 rings (SSSR count). The lowest BCUT2D eigenvalue weighted by Crippen LogP contribution is -2.26. The summed E-state index contributed by atoms with van der Waals surface area (Å²) in [5.41, 5.74) is 1.57. The number of benzene rings is 1. The van der Waals surface area contributed by atoms with Crippen molar-refractivity contribution in [1.82, 2.24) is 4.90 Å². The molecule has 0 N–H and O–H groups in total.